The molecule has 1 amide bonds. The summed E-state index contributed by atoms with van der Waals surface area (Å²) in [5.74, 6) is 0.581. The fraction of sp³-hybridized carbons (Fsp3) is 0.973. The Hall–Kier alpha value is -0.890. The molecule has 2 fully saturated rings. The molecule has 11 nitrogen and oxygen atoms in total. The third kappa shape index (κ3) is 17.9. The van der Waals surface area contributed by atoms with Gasteiger partial charge in [-0.05, 0) is 19.3 Å². The molecule has 0 aromatic rings. The van der Waals surface area contributed by atoms with Gasteiger partial charge in [-0.15, -0.1) is 0 Å². The Morgan fingerprint density at radius 1 is 0.729 bits per heavy atom. The van der Waals surface area contributed by atoms with E-state index in [0.29, 0.717) is 0 Å². The summed E-state index contributed by atoms with van der Waals surface area (Å²) in [5, 5.41) is 63.0. The minimum absolute atomic E-state index is 0.256. The molecule has 8 atom stereocenters. The van der Waals surface area contributed by atoms with Crippen molar-refractivity contribution in [1.29, 1.82) is 0 Å². The highest BCUT2D eigenvalue weighted by molar-refractivity contribution is 5.76. The topological polar surface area (TPSA) is 178 Å². The minimum Gasteiger partial charge on any atom is -0.394 e. The summed E-state index contributed by atoms with van der Waals surface area (Å²) in [5.41, 5.74) is 0. The van der Waals surface area contributed by atoms with E-state index in [2.05, 4.69) is 5.32 Å². The molecule has 0 aliphatic carbocycles. The largest absolute Gasteiger partial charge is 0.394 e. The molecule has 7 N–H and O–H groups in total. The lowest BCUT2D eigenvalue weighted by atomic mass is 9.98. The van der Waals surface area contributed by atoms with Gasteiger partial charge in [0.2, 0.25) is 5.91 Å². The number of carbonyl (C=O) groups is 1. The van der Waals surface area contributed by atoms with Crippen molar-refractivity contribution in [2.24, 2.45) is 5.92 Å². The molecule has 5 unspecified atom stereocenters. The van der Waals surface area contributed by atoms with Gasteiger partial charge < -0.3 is 50.2 Å². The van der Waals surface area contributed by atoms with Crippen LogP contribution in [0.3, 0.4) is 0 Å². The summed E-state index contributed by atoms with van der Waals surface area (Å²) >= 11 is 0. The van der Waals surface area contributed by atoms with Crippen molar-refractivity contribution in [3.8, 4) is 0 Å². The van der Waals surface area contributed by atoms with Gasteiger partial charge >= 0.3 is 0 Å². The molecule has 0 aromatic heterocycles. The van der Waals surface area contributed by atoms with Crippen LogP contribution in [0, 0.1) is 5.92 Å². The van der Waals surface area contributed by atoms with Gasteiger partial charge in [0.1, 0.15) is 30.5 Å². The predicted molar refractivity (Wildman–Crippen MR) is 185 cm³/mol. The number of aliphatic hydroxyl groups excluding tert-OH is 6. The smallest absolute Gasteiger partial charge is 0.220 e. The third-order valence-electron chi connectivity index (χ3n) is 10.1. The number of aliphatic hydroxyl groups is 6. The van der Waals surface area contributed by atoms with Crippen LogP contribution in [0.2, 0.25) is 0 Å². The summed E-state index contributed by atoms with van der Waals surface area (Å²) in [6.45, 7) is 2.79. The molecule has 0 saturated carbocycles. The molecule has 48 heavy (non-hydrogen) atoms. The van der Waals surface area contributed by atoms with E-state index in [1.165, 1.54) is 103 Å². The Bertz CT molecular complexity index is 785. The van der Waals surface area contributed by atoms with E-state index in [-0.39, 0.29) is 25.4 Å². The van der Waals surface area contributed by atoms with Crippen LogP contribution in [0.15, 0.2) is 0 Å². The van der Waals surface area contributed by atoms with E-state index < -0.39 is 55.6 Å². The predicted octanol–water partition coefficient (Wildman–Crippen LogP) is 4.26. The van der Waals surface area contributed by atoms with Gasteiger partial charge in [-0.2, -0.15) is 0 Å². The summed E-state index contributed by atoms with van der Waals surface area (Å²) < 4.78 is 16.1. The number of carbonyl (C=O) groups excluding carboxylic acids is 1. The Morgan fingerprint density at radius 3 is 1.65 bits per heavy atom. The van der Waals surface area contributed by atoms with Gasteiger partial charge in [-0.3, -0.25) is 4.79 Å². The zero-order chi connectivity index (χ0) is 35.0. The number of amides is 1. The summed E-state index contributed by atoms with van der Waals surface area (Å²) in [7, 11) is 0. The summed E-state index contributed by atoms with van der Waals surface area (Å²) in [6.07, 6.45) is 16.5. The van der Waals surface area contributed by atoms with Crippen LogP contribution in [-0.2, 0) is 19.0 Å². The number of nitrogens with one attached hydrogen (secondary N) is 1. The fourth-order valence-electron chi connectivity index (χ4n) is 6.59. The lowest BCUT2D eigenvalue weighted by Gasteiger charge is -2.40. The van der Waals surface area contributed by atoms with Crippen LogP contribution in [0.1, 0.15) is 148 Å². The Labute approximate surface area is 290 Å². The lowest BCUT2D eigenvalue weighted by molar-refractivity contribution is -0.303. The molecule has 2 saturated heterocycles. The molecular weight excluding hydrogens is 618 g/mol. The maximum atomic E-state index is 12.6. The number of hydrogen-bond acceptors (Lipinski definition) is 10. The highest BCUT2D eigenvalue weighted by Gasteiger charge is 2.44. The highest BCUT2D eigenvalue weighted by atomic mass is 16.7. The molecule has 284 valence electrons. The first-order chi connectivity index (χ1) is 23.3. The summed E-state index contributed by atoms with van der Waals surface area (Å²) in [6, 6.07) is -0.984. The number of hydrogen-bond donors (Lipinski definition) is 7. The molecule has 2 aliphatic heterocycles. The van der Waals surface area contributed by atoms with Gasteiger partial charge in [0.25, 0.3) is 0 Å². The molecule has 2 rings (SSSR count). The first kappa shape index (κ1) is 43.3. The quantitative estimate of drug-likeness (QED) is 0.0540. The summed E-state index contributed by atoms with van der Waals surface area (Å²) in [4.78, 5) is 12.6. The van der Waals surface area contributed by atoms with Crippen molar-refractivity contribution in [3.05, 3.63) is 0 Å². The maximum Gasteiger partial charge on any atom is 0.220 e. The van der Waals surface area contributed by atoms with Crippen LogP contribution >= 0.6 is 0 Å². The van der Waals surface area contributed by atoms with Gasteiger partial charge in [0.15, 0.2) is 6.29 Å². The van der Waals surface area contributed by atoms with Crippen molar-refractivity contribution in [2.45, 2.75) is 197 Å². The van der Waals surface area contributed by atoms with Crippen molar-refractivity contribution < 1.29 is 49.6 Å². The molecule has 0 aromatic carbocycles. The van der Waals surface area contributed by atoms with Crippen molar-refractivity contribution in [2.75, 3.05) is 26.4 Å². The molecule has 2 heterocycles. The molecule has 0 bridgehead atoms. The molecule has 0 radical (unpaired) electrons. The molecule has 0 spiro atoms. The second-order valence-corrected chi connectivity index (χ2v) is 14.3. The standard InChI is InChI=1S/C37H71NO10/c1-2-30(40)33(42)29(27-47-37-36(45)35(44)34(43)31(24-39)48-37)38-32(41)23-21-19-17-15-13-11-9-7-5-3-4-6-8-10-12-14-16-18-20-22-28-25-46-26-28/h28-31,33-37,39-40,42-45H,2-27H2,1H3,(H,38,41)/t29-,30+,31?,33-,34?,35?,36?,37?/m0/s1. The zero-order valence-corrected chi connectivity index (χ0v) is 29.9. The van der Waals surface area contributed by atoms with Gasteiger partial charge in [-0.25, -0.2) is 0 Å². The lowest BCUT2D eigenvalue weighted by Crippen LogP contribution is -2.60. The zero-order valence-electron chi connectivity index (χ0n) is 29.9. The fourth-order valence-corrected chi connectivity index (χ4v) is 6.59. The second-order valence-electron chi connectivity index (χ2n) is 14.3. The molecule has 2 aliphatic rings. The van der Waals surface area contributed by atoms with E-state index in [0.717, 1.165) is 44.8 Å². The van der Waals surface area contributed by atoms with Gasteiger partial charge in [0, 0.05) is 12.3 Å². The average Bonchev–Trinajstić information content (AvgIpc) is 3.06. The first-order valence-corrected chi connectivity index (χ1v) is 19.4. The van der Waals surface area contributed by atoms with Crippen molar-refractivity contribution >= 4 is 5.91 Å². The minimum atomic E-state index is -1.60. The highest BCUT2D eigenvalue weighted by Crippen LogP contribution is 2.23. The Balaban J connectivity index is 1.43. The van der Waals surface area contributed by atoms with Crippen molar-refractivity contribution in [1.82, 2.24) is 5.32 Å². The number of rotatable bonds is 30. The molecule has 11 heteroatoms. The van der Waals surface area contributed by atoms with Gasteiger partial charge in [-0.1, -0.05) is 122 Å². The van der Waals surface area contributed by atoms with E-state index in [4.69, 9.17) is 14.2 Å². The van der Waals surface area contributed by atoms with Crippen LogP contribution in [0.4, 0.5) is 0 Å². The van der Waals surface area contributed by atoms with Crippen molar-refractivity contribution in [3.63, 3.8) is 0 Å². The second kappa shape index (κ2) is 26.9. The van der Waals surface area contributed by atoms with Crippen LogP contribution in [-0.4, -0.2) is 112 Å². The third-order valence-corrected chi connectivity index (χ3v) is 10.1. The maximum absolute atomic E-state index is 12.6. The molecular formula is C37H71NO10. The monoisotopic (exact) mass is 690 g/mol. The number of unbranched alkanes of at least 4 members (excludes halogenated alkanes) is 18. The van der Waals surface area contributed by atoms with Crippen LogP contribution in [0.5, 0.6) is 0 Å². The average molecular weight is 690 g/mol. The van der Waals surface area contributed by atoms with E-state index in [9.17, 15) is 35.4 Å². The van der Waals surface area contributed by atoms with E-state index >= 15 is 0 Å². The van der Waals surface area contributed by atoms with E-state index in [1.807, 2.05) is 0 Å². The van der Waals surface area contributed by atoms with Gasteiger partial charge in [0.05, 0.1) is 38.6 Å². The first-order valence-electron chi connectivity index (χ1n) is 19.4. The van der Waals surface area contributed by atoms with Crippen LogP contribution < -0.4 is 5.32 Å². The van der Waals surface area contributed by atoms with Crippen LogP contribution in [0.25, 0.3) is 0 Å². The number of ether oxygens (including phenoxy) is 3. The Kier molecular flexibility index (Phi) is 24.2. The normalized spacial score (nSPS) is 25.0. The van der Waals surface area contributed by atoms with E-state index in [1.54, 1.807) is 6.92 Å². The Morgan fingerprint density at radius 2 is 1.21 bits per heavy atom. The SMILES string of the molecule is CC[C@@H](O)[C@@H](O)[C@H](COC1OC(CO)C(O)C(O)C1O)NC(=O)CCCCCCCCCCCCCCCCCCCCCC1COC1.